The van der Waals surface area contributed by atoms with Crippen molar-refractivity contribution in [2.75, 3.05) is 0 Å². The van der Waals surface area contributed by atoms with Crippen molar-refractivity contribution in [1.29, 1.82) is 0 Å². The van der Waals surface area contributed by atoms with E-state index < -0.39 is 0 Å². The van der Waals surface area contributed by atoms with E-state index >= 15 is 0 Å². The van der Waals surface area contributed by atoms with Gasteiger partial charge in [-0.25, -0.2) is 0 Å². The molecule has 1 saturated carbocycles. The average molecular weight is 219 g/mol. The van der Waals surface area contributed by atoms with Crippen molar-refractivity contribution >= 4 is 0 Å². The highest BCUT2D eigenvalue weighted by atomic mass is 16.3. The van der Waals surface area contributed by atoms with Crippen LogP contribution in [0, 0.1) is 5.41 Å². The first kappa shape index (κ1) is 11.6. The zero-order valence-electron chi connectivity index (χ0n) is 10.2. The predicted octanol–water partition coefficient (Wildman–Crippen LogP) is 2.46. The van der Waals surface area contributed by atoms with Gasteiger partial charge in [0.1, 0.15) is 0 Å². The van der Waals surface area contributed by atoms with Crippen LogP contribution in [0.1, 0.15) is 37.8 Å². The van der Waals surface area contributed by atoms with Gasteiger partial charge in [-0.05, 0) is 36.3 Å². The number of aliphatic hydroxyl groups excluding tert-OH is 1. The molecule has 1 aliphatic rings. The fourth-order valence-corrected chi connectivity index (χ4v) is 2.02. The number of rotatable bonds is 5. The van der Waals surface area contributed by atoms with Crippen LogP contribution in [-0.4, -0.2) is 11.1 Å². The fraction of sp³-hybridized carbons (Fsp3) is 0.571. The lowest BCUT2D eigenvalue weighted by Gasteiger charge is -2.21. The molecule has 0 aromatic heterocycles. The van der Waals surface area contributed by atoms with Crippen LogP contribution in [0.25, 0.3) is 0 Å². The van der Waals surface area contributed by atoms with E-state index in [-0.39, 0.29) is 6.61 Å². The van der Waals surface area contributed by atoms with Crippen molar-refractivity contribution in [3.05, 3.63) is 35.4 Å². The first-order chi connectivity index (χ1) is 7.65. The normalized spacial score (nSPS) is 19.4. The Balaban J connectivity index is 1.94. The molecule has 2 heteroatoms. The molecular weight excluding hydrogens is 198 g/mol. The molecule has 88 valence electrons. The lowest BCUT2D eigenvalue weighted by molar-refractivity contribution is 0.279. The van der Waals surface area contributed by atoms with Crippen LogP contribution in [0.15, 0.2) is 24.3 Å². The second-order valence-corrected chi connectivity index (χ2v) is 5.18. The molecule has 1 unspecified atom stereocenters. The molecule has 1 atom stereocenters. The minimum Gasteiger partial charge on any atom is -0.392 e. The molecule has 0 aliphatic heterocycles. The Bertz CT molecular complexity index is 358. The summed E-state index contributed by atoms with van der Waals surface area (Å²) in [5, 5.41) is 12.8. The molecule has 1 fully saturated rings. The molecule has 1 aliphatic carbocycles. The van der Waals surface area contributed by atoms with E-state index in [0.29, 0.717) is 11.5 Å². The molecule has 0 radical (unpaired) electrons. The van der Waals surface area contributed by atoms with E-state index in [9.17, 15) is 5.11 Å². The van der Waals surface area contributed by atoms with Crippen LogP contribution >= 0.6 is 0 Å². The van der Waals surface area contributed by atoms with Crippen molar-refractivity contribution in [2.24, 2.45) is 5.41 Å². The summed E-state index contributed by atoms with van der Waals surface area (Å²) in [6, 6.07) is 8.63. The highest BCUT2D eigenvalue weighted by molar-refractivity contribution is 5.26. The van der Waals surface area contributed by atoms with E-state index in [4.69, 9.17) is 0 Å². The highest BCUT2D eigenvalue weighted by Gasteiger charge is 2.42. The van der Waals surface area contributed by atoms with Crippen molar-refractivity contribution in [3.63, 3.8) is 0 Å². The smallest absolute Gasteiger partial charge is 0.0685 e. The Hall–Kier alpha value is -0.860. The maximum atomic E-state index is 9.23. The third-order valence-corrected chi connectivity index (χ3v) is 3.97. The quantitative estimate of drug-likeness (QED) is 0.797. The van der Waals surface area contributed by atoms with Gasteiger partial charge in [0.25, 0.3) is 0 Å². The third-order valence-electron chi connectivity index (χ3n) is 3.97. The fourth-order valence-electron chi connectivity index (χ4n) is 2.02. The number of hydrogen-bond donors (Lipinski definition) is 2. The molecule has 2 N–H and O–H groups in total. The standard InChI is InChI=1S/C14H21NO/c1-11(14(2)7-8-14)15-9-12-5-3-4-6-13(12)10-16/h3-6,11,15-16H,7-10H2,1-2H3. The molecule has 2 nitrogen and oxygen atoms in total. The van der Waals surface area contributed by atoms with E-state index in [0.717, 1.165) is 12.1 Å². The van der Waals surface area contributed by atoms with Crippen LogP contribution < -0.4 is 5.32 Å². The van der Waals surface area contributed by atoms with Crippen molar-refractivity contribution in [2.45, 2.75) is 45.9 Å². The van der Waals surface area contributed by atoms with Gasteiger partial charge in [0, 0.05) is 12.6 Å². The Morgan fingerprint density at radius 1 is 1.31 bits per heavy atom. The first-order valence-electron chi connectivity index (χ1n) is 6.07. The maximum Gasteiger partial charge on any atom is 0.0685 e. The van der Waals surface area contributed by atoms with Crippen LogP contribution in [0.3, 0.4) is 0 Å². The van der Waals surface area contributed by atoms with E-state index in [2.05, 4.69) is 25.2 Å². The van der Waals surface area contributed by atoms with E-state index in [1.165, 1.54) is 18.4 Å². The van der Waals surface area contributed by atoms with Crippen LogP contribution in [0.4, 0.5) is 0 Å². The molecule has 0 saturated heterocycles. The van der Waals surface area contributed by atoms with Gasteiger partial charge in [-0.2, -0.15) is 0 Å². The number of aliphatic hydroxyl groups is 1. The summed E-state index contributed by atoms with van der Waals surface area (Å²) in [4.78, 5) is 0. The maximum absolute atomic E-state index is 9.23. The molecule has 1 aromatic rings. The second-order valence-electron chi connectivity index (χ2n) is 5.18. The SMILES string of the molecule is CC(NCc1ccccc1CO)C1(C)CC1. The second kappa shape index (κ2) is 4.56. The lowest BCUT2D eigenvalue weighted by atomic mass is 10.00. The molecule has 0 amide bonds. The van der Waals surface area contributed by atoms with Gasteiger partial charge in [-0.1, -0.05) is 31.2 Å². The summed E-state index contributed by atoms with van der Waals surface area (Å²) in [6.07, 6.45) is 2.67. The summed E-state index contributed by atoms with van der Waals surface area (Å²) in [5.74, 6) is 0. The van der Waals surface area contributed by atoms with Gasteiger partial charge in [-0.3, -0.25) is 0 Å². The van der Waals surface area contributed by atoms with Crippen molar-refractivity contribution < 1.29 is 5.11 Å². The minimum atomic E-state index is 0.128. The molecular formula is C14H21NO. The summed E-state index contributed by atoms with van der Waals surface area (Å²) >= 11 is 0. The molecule has 2 rings (SSSR count). The highest BCUT2D eigenvalue weighted by Crippen LogP contribution is 2.47. The monoisotopic (exact) mass is 219 g/mol. The topological polar surface area (TPSA) is 32.3 Å². The molecule has 0 heterocycles. The average Bonchev–Trinajstić information content (AvgIpc) is 3.06. The number of hydrogen-bond acceptors (Lipinski definition) is 2. The molecule has 0 spiro atoms. The summed E-state index contributed by atoms with van der Waals surface area (Å²) in [6.45, 7) is 5.58. The third kappa shape index (κ3) is 2.45. The summed E-state index contributed by atoms with van der Waals surface area (Å²) in [7, 11) is 0. The Morgan fingerprint density at radius 2 is 1.94 bits per heavy atom. The Morgan fingerprint density at radius 3 is 2.50 bits per heavy atom. The largest absolute Gasteiger partial charge is 0.392 e. The molecule has 1 aromatic carbocycles. The van der Waals surface area contributed by atoms with Gasteiger partial charge in [0.15, 0.2) is 0 Å². The molecule has 0 bridgehead atoms. The first-order valence-corrected chi connectivity index (χ1v) is 6.07. The number of benzene rings is 1. The summed E-state index contributed by atoms with van der Waals surface area (Å²) < 4.78 is 0. The van der Waals surface area contributed by atoms with Gasteiger partial charge >= 0.3 is 0 Å². The minimum absolute atomic E-state index is 0.128. The van der Waals surface area contributed by atoms with E-state index in [1.54, 1.807) is 0 Å². The Labute approximate surface area is 97.7 Å². The van der Waals surface area contributed by atoms with Gasteiger partial charge in [0.2, 0.25) is 0 Å². The Kier molecular flexibility index (Phi) is 3.31. The lowest BCUT2D eigenvalue weighted by Crippen LogP contribution is -2.33. The van der Waals surface area contributed by atoms with Crippen molar-refractivity contribution in [1.82, 2.24) is 5.32 Å². The summed E-state index contributed by atoms with van der Waals surface area (Å²) in [5.41, 5.74) is 2.75. The predicted molar refractivity (Wildman–Crippen MR) is 66.0 cm³/mol. The zero-order chi connectivity index (χ0) is 11.6. The van der Waals surface area contributed by atoms with Gasteiger partial charge < -0.3 is 10.4 Å². The van der Waals surface area contributed by atoms with Gasteiger partial charge in [0.05, 0.1) is 6.61 Å². The van der Waals surface area contributed by atoms with Gasteiger partial charge in [-0.15, -0.1) is 0 Å². The zero-order valence-corrected chi connectivity index (χ0v) is 10.2. The molecule has 16 heavy (non-hydrogen) atoms. The van der Waals surface area contributed by atoms with E-state index in [1.807, 2.05) is 18.2 Å². The van der Waals surface area contributed by atoms with Crippen LogP contribution in [0.2, 0.25) is 0 Å². The van der Waals surface area contributed by atoms with Crippen LogP contribution in [-0.2, 0) is 13.2 Å². The van der Waals surface area contributed by atoms with Crippen molar-refractivity contribution in [3.8, 4) is 0 Å². The number of nitrogens with one attached hydrogen (secondary N) is 1. The van der Waals surface area contributed by atoms with Crippen LogP contribution in [0.5, 0.6) is 0 Å².